The van der Waals surface area contributed by atoms with E-state index in [2.05, 4.69) is 5.10 Å². The molecule has 2 aromatic rings. The summed E-state index contributed by atoms with van der Waals surface area (Å²) in [6.45, 7) is 2.34. The van der Waals surface area contributed by atoms with Gasteiger partial charge in [0, 0.05) is 38.6 Å². The first-order valence-corrected chi connectivity index (χ1v) is 6.82. The summed E-state index contributed by atoms with van der Waals surface area (Å²) >= 11 is 0. The van der Waals surface area contributed by atoms with Crippen molar-refractivity contribution >= 4 is 11.8 Å². The number of hydrogen-bond acceptors (Lipinski definition) is 4. The number of furan rings is 1. The van der Waals surface area contributed by atoms with Gasteiger partial charge in [0.25, 0.3) is 5.91 Å². The number of rotatable bonds is 3. The van der Waals surface area contributed by atoms with Crippen LogP contribution in [0.2, 0.25) is 0 Å². The van der Waals surface area contributed by atoms with Crippen molar-refractivity contribution in [3.05, 3.63) is 42.6 Å². The lowest BCUT2D eigenvalue weighted by Crippen LogP contribution is -2.51. The summed E-state index contributed by atoms with van der Waals surface area (Å²) in [7, 11) is 0. The van der Waals surface area contributed by atoms with Crippen molar-refractivity contribution < 1.29 is 14.0 Å². The Morgan fingerprint density at radius 1 is 1.14 bits per heavy atom. The van der Waals surface area contributed by atoms with E-state index in [1.54, 1.807) is 45.1 Å². The Labute approximate surface area is 121 Å². The van der Waals surface area contributed by atoms with Gasteiger partial charge in [0.2, 0.25) is 5.91 Å². The Hall–Kier alpha value is -2.57. The molecule has 0 bridgehead atoms. The maximum Gasteiger partial charge on any atom is 0.289 e. The Balaban J connectivity index is 1.53. The van der Waals surface area contributed by atoms with Crippen LogP contribution in [0.3, 0.4) is 0 Å². The van der Waals surface area contributed by atoms with E-state index in [4.69, 9.17) is 4.42 Å². The monoisotopic (exact) mass is 288 g/mol. The molecule has 0 atom stereocenters. The van der Waals surface area contributed by atoms with Gasteiger partial charge < -0.3 is 14.2 Å². The van der Waals surface area contributed by atoms with Crippen molar-refractivity contribution in [2.24, 2.45) is 0 Å². The van der Waals surface area contributed by atoms with E-state index < -0.39 is 0 Å². The van der Waals surface area contributed by atoms with Crippen molar-refractivity contribution in [3.63, 3.8) is 0 Å². The molecule has 7 nitrogen and oxygen atoms in total. The quantitative estimate of drug-likeness (QED) is 0.822. The summed E-state index contributed by atoms with van der Waals surface area (Å²) in [6, 6.07) is 5.13. The zero-order valence-electron chi connectivity index (χ0n) is 11.5. The van der Waals surface area contributed by atoms with Gasteiger partial charge >= 0.3 is 0 Å². The zero-order chi connectivity index (χ0) is 14.7. The molecule has 0 unspecified atom stereocenters. The predicted octanol–water partition coefficient (Wildman–Crippen LogP) is 0.461. The summed E-state index contributed by atoms with van der Waals surface area (Å²) in [4.78, 5) is 27.7. The van der Waals surface area contributed by atoms with Crippen LogP contribution >= 0.6 is 0 Å². The van der Waals surface area contributed by atoms with Crippen LogP contribution in [0.15, 0.2) is 41.3 Å². The predicted molar refractivity (Wildman–Crippen MR) is 73.4 cm³/mol. The molecule has 1 fully saturated rings. The second-order valence-electron chi connectivity index (χ2n) is 4.85. The fraction of sp³-hybridized carbons (Fsp3) is 0.357. The second kappa shape index (κ2) is 5.82. The second-order valence-corrected chi connectivity index (χ2v) is 4.85. The van der Waals surface area contributed by atoms with Gasteiger partial charge in [-0.2, -0.15) is 5.10 Å². The van der Waals surface area contributed by atoms with Crippen molar-refractivity contribution in [1.29, 1.82) is 0 Å². The fourth-order valence-electron chi connectivity index (χ4n) is 2.35. The number of aromatic nitrogens is 2. The first-order valence-electron chi connectivity index (χ1n) is 6.82. The number of carbonyl (C=O) groups excluding carboxylic acids is 2. The summed E-state index contributed by atoms with van der Waals surface area (Å²) in [5, 5.41) is 4.02. The topological polar surface area (TPSA) is 71.6 Å². The van der Waals surface area contributed by atoms with Gasteiger partial charge in [-0.15, -0.1) is 0 Å². The molecule has 3 rings (SSSR count). The van der Waals surface area contributed by atoms with Gasteiger partial charge in [-0.1, -0.05) is 0 Å². The molecular weight excluding hydrogens is 272 g/mol. The van der Waals surface area contributed by atoms with Crippen LogP contribution in [-0.2, 0) is 11.3 Å². The number of amides is 2. The molecule has 110 valence electrons. The molecule has 0 spiro atoms. The third kappa shape index (κ3) is 2.96. The lowest BCUT2D eigenvalue weighted by molar-refractivity contribution is -0.133. The Kier molecular flexibility index (Phi) is 3.72. The van der Waals surface area contributed by atoms with Gasteiger partial charge in [-0.05, 0) is 18.2 Å². The number of piperazine rings is 1. The van der Waals surface area contributed by atoms with Crippen LogP contribution in [0.5, 0.6) is 0 Å². The highest BCUT2D eigenvalue weighted by atomic mass is 16.3. The van der Waals surface area contributed by atoms with Crippen molar-refractivity contribution in [3.8, 4) is 0 Å². The third-order valence-electron chi connectivity index (χ3n) is 3.51. The van der Waals surface area contributed by atoms with E-state index in [9.17, 15) is 9.59 Å². The van der Waals surface area contributed by atoms with Gasteiger partial charge in [0.05, 0.1) is 6.26 Å². The van der Waals surface area contributed by atoms with Gasteiger partial charge in [-0.3, -0.25) is 14.3 Å². The van der Waals surface area contributed by atoms with Crippen molar-refractivity contribution in [2.75, 3.05) is 26.2 Å². The molecule has 1 aliphatic rings. The van der Waals surface area contributed by atoms with E-state index in [-0.39, 0.29) is 18.4 Å². The van der Waals surface area contributed by atoms with Gasteiger partial charge in [-0.25, -0.2) is 0 Å². The molecule has 0 saturated carbocycles. The maximum atomic E-state index is 12.1. The Bertz CT molecular complexity index is 598. The molecule has 0 aliphatic carbocycles. The highest BCUT2D eigenvalue weighted by Crippen LogP contribution is 2.09. The highest BCUT2D eigenvalue weighted by molar-refractivity contribution is 5.91. The minimum Gasteiger partial charge on any atom is -0.459 e. The zero-order valence-corrected chi connectivity index (χ0v) is 11.5. The molecule has 21 heavy (non-hydrogen) atoms. The SMILES string of the molecule is O=C(Cn1cccn1)N1CCN(C(=O)c2ccco2)CC1. The molecule has 0 aromatic carbocycles. The standard InChI is InChI=1S/C14H16N4O3/c19-13(11-18-5-2-4-15-18)16-6-8-17(9-7-16)14(20)12-3-1-10-21-12/h1-5,10H,6-9,11H2. The van der Waals surface area contributed by atoms with Crippen LogP contribution in [0.4, 0.5) is 0 Å². The average molecular weight is 288 g/mol. The van der Waals surface area contributed by atoms with Crippen LogP contribution in [0.25, 0.3) is 0 Å². The summed E-state index contributed by atoms with van der Waals surface area (Å²) in [5.41, 5.74) is 0. The normalized spacial score (nSPS) is 15.2. The van der Waals surface area contributed by atoms with Gasteiger partial charge in [0.15, 0.2) is 5.76 Å². The smallest absolute Gasteiger partial charge is 0.289 e. The van der Waals surface area contributed by atoms with Crippen LogP contribution < -0.4 is 0 Å². The number of hydrogen-bond donors (Lipinski definition) is 0. The minimum absolute atomic E-state index is 0.0174. The number of carbonyl (C=O) groups is 2. The van der Waals surface area contributed by atoms with E-state index >= 15 is 0 Å². The van der Waals surface area contributed by atoms with E-state index in [1.807, 2.05) is 0 Å². The molecule has 3 heterocycles. The fourth-order valence-corrected chi connectivity index (χ4v) is 2.35. The Morgan fingerprint density at radius 2 is 1.90 bits per heavy atom. The van der Waals surface area contributed by atoms with E-state index in [0.29, 0.717) is 31.9 Å². The summed E-state index contributed by atoms with van der Waals surface area (Å²) < 4.78 is 6.71. The van der Waals surface area contributed by atoms with E-state index in [0.717, 1.165) is 0 Å². The molecule has 1 saturated heterocycles. The summed E-state index contributed by atoms with van der Waals surface area (Å²) in [5.74, 6) is 0.231. The maximum absolute atomic E-state index is 12.1. The highest BCUT2D eigenvalue weighted by Gasteiger charge is 2.25. The van der Waals surface area contributed by atoms with Crippen molar-refractivity contribution in [1.82, 2.24) is 19.6 Å². The third-order valence-corrected chi connectivity index (χ3v) is 3.51. The largest absolute Gasteiger partial charge is 0.459 e. The molecule has 1 aliphatic heterocycles. The minimum atomic E-state index is -0.126. The van der Waals surface area contributed by atoms with E-state index in [1.165, 1.54) is 6.26 Å². The lowest BCUT2D eigenvalue weighted by Gasteiger charge is -2.34. The number of nitrogens with zero attached hydrogens (tertiary/aromatic N) is 4. The molecule has 0 N–H and O–H groups in total. The lowest BCUT2D eigenvalue weighted by atomic mass is 10.2. The average Bonchev–Trinajstić information content (AvgIpc) is 3.20. The molecular formula is C14H16N4O3. The van der Waals surface area contributed by atoms with Crippen molar-refractivity contribution in [2.45, 2.75) is 6.54 Å². The van der Waals surface area contributed by atoms with Crippen LogP contribution in [0, 0.1) is 0 Å². The van der Waals surface area contributed by atoms with Crippen LogP contribution in [0.1, 0.15) is 10.6 Å². The first-order chi connectivity index (χ1) is 10.2. The Morgan fingerprint density at radius 3 is 2.52 bits per heavy atom. The molecule has 2 amide bonds. The van der Waals surface area contributed by atoms with Gasteiger partial charge in [0.1, 0.15) is 6.54 Å². The molecule has 0 radical (unpaired) electrons. The van der Waals surface area contributed by atoms with Crippen LogP contribution in [-0.4, -0.2) is 57.6 Å². The molecule has 7 heteroatoms. The first kappa shape index (κ1) is 13.4. The summed E-state index contributed by atoms with van der Waals surface area (Å²) in [6.07, 6.45) is 4.89. The molecule has 2 aromatic heterocycles.